The van der Waals surface area contributed by atoms with Gasteiger partial charge in [0.15, 0.2) is 0 Å². The molecule has 2 rings (SSSR count). The number of benzene rings is 1. The number of piperazine rings is 1. The zero-order valence-electron chi connectivity index (χ0n) is 13.1. The van der Waals surface area contributed by atoms with Crippen molar-refractivity contribution in [2.24, 2.45) is 0 Å². The van der Waals surface area contributed by atoms with E-state index in [4.69, 9.17) is 4.74 Å². The van der Waals surface area contributed by atoms with Crippen molar-refractivity contribution in [3.63, 3.8) is 0 Å². The van der Waals surface area contributed by atoms with Crippen LogP contribution in [0.25, 0.3) is 0 Å². The van der Waals surface area contributed by atoms with E-state index in [-0.39, 0.29) is 0 Å². The second-order valence-electron chi connectivity index (χ2n) is 5.46. The molecule has 0 amide bonds. The molecule has 0 radical (unpaired) electrons. The normalized spacial score (nSPS) is 18.1. The van der Waals surface area contributed by atoms with E-state index in [1.807, 2.05) is 0 Å². The molecule has 1 N–H and O–H groups in total. The maximum absolute atomic E-state index is 5.59. The summed E-state index contributed by atoms with van der Waals surface area (Å²) >= 11 is 0. The molecule has 4 heteroatoms. The fraction of sp³-hybridized carbons (Fsp3) is 0.625. The molecule has 1 atom stereocenters. The average molecular weight is 277 g/mol. The highest BCUT2D eigenvalue weighted by Crippen LogP contribution is 2.35. The van der Waals surface area contributed by atoms with Crippen molar-refractivity contribution in [1.82, 2.24) is 10.2 Å². The molecule has 1 aromatic rings. The quantitative estimate of drug-likeness (QED) is 0.892. The summed E-state index contributed by atoms with van der Waals surface area (Å²) in [5, 5.41) is 3.51. The van der Waals surface area contributed by atoms with Crippen molar-refractivity contribution in [2.75, 3.05) is 51.8 Å². The van der Waals surface area contributed by atoms with E-state index in [0.717, 1.165) is 38.5 Å². The van der Waals surface area contributed by atoms with E-state index in [0.29, 0.717) is 6.04 Å². The fourth-order valence-electron chi connectivity index (χ4n) is 2.88. The molecule has 1 aliphatic heterocycles. The molecule has 1 saturated heterocycles. The number of ether oxygens (including phenoxy) is 1. The number of nitrogens with one attached hydrogen (secondary N) is 1. The lowest BCUT2D eigenvalue weighted by molar-refractivity contribution is 0.312. The van der Waals surface area contributed by atoms with Crippen LogP contribution in [0.15, 0.2) is 18.2 Å². The van der Waals surface area contributed by atoms with Gasteiger partial charge >= 0.3 is 0 Å². The Morgan fingerprint density at radius 2 is 1.95 bits per heavy atom. The lowest BCUT2D eigenvalue weighted by Gasteiger charge is -2.36. The van der Waals surface area contributed by atoms with Crippen LogP contribution in [0.2, 0.25) is 0 Å². The van der Waals surface area contributed by atoms with E-state index in [2.05, 4.69) is 54.2 Å². The number of nitrogens with zero attached hydrogens (tertiary/aromatic N) is 2. The molecule has 4 nitrogen and oxygen atoms in total. The molecule has 0 aromatic heterocycles. The van der Waals surface area contributed by atoms with Crippen molar-refractivity contribution < 1.29 is 4.74 Å². The summed E-state index contributed by atoms with van der Waals surface area (Å²) in [4.78, 5) is 4.86. The average Bonchev–Trinajstić information content (AvgIpc) is 2.47. The highest BCUT2D eigenvalue weighted by atomic mass is 16.5. The molecule has 1 aliphatic rings. The Labute approximate surface area is 122 Å². The van der Waals surface area contributed by atoms with Crippen LogP contribution in [0.3, 0.4) is 0 Å². The van der Waals surface area contributed by atoms with Crippen molar-refractivity contribution in [2.45, 2.75) is 19.9 Å². The van der Waals surface area contributed by atoms with E-state index in [9.17, 15) is 0 Å². The summed E-state index contributed by atoms with van der Waals surface area (Å²) in [6, 6.07) is 6.67. The number of hydrogen-bond donors (Lipinski definition) is 1. The molecule has 0 saturated carbocycles. The number of methoxy groups -OCH3 is 1. The fourth-order valence-corrected chi connectivity index (χ4v) is 2.88. The predicted octanol–water partition coefficient (Wildman–Crippen LogP) is 2.12. The summed E-state index contributed by atoms with van der Waals surface area (Å²) in [6.45, 7) is 9.70. The monoisotopic (exact) mass is 277 g/mol. The third kappa shape index (κ3) is 3.25. The maximum Gasteiger partial charge on any atom is 0.125 e. The van der Waals surface area contributed by atoms with Crippen LogP contribution >= 0.6 is 0 Å². The van der Waals surface area contributed by atoms with Gasteiger partial charge in [-0.3, -0.25) is 0 Å². The first kappa shape index (κ1) is 15.1. The third-order valence-electron chi connectivity index (χ3n) is 4.05. The summed E-state index contributed by atoms with van der Waals surface area (Å²) in [7, 11) is 3.94. The van der Waals surface area contributed by atoms with Crippen LogP contribution in [-0.2, 0) is 0 Å². The van der Waals surface area contributed by atoms with E-state index < -0.39 is 0 Å². The molecule has 0 bridgehead atoms. The molecule has 112 valence electrons. The Kier molecular flexibility index (Phi) is 5.26. The van der Waals surface area contributed by atoms with Gasteiger partial charge in [0, 0.05) is 43.5 Å². The zero-order valence-corrected chi connectivity index (χ0v) is 13.1. The first-order chi connectivity index (χ1) is 9.67. The summed E-state index contributed by atoms with van der Waals surface area (Å²) in [5.74, 6) is 0.981. The van der Waals surface area contributed by atoms with Crippen LogP contribution < -0.4 is 15.0 Å². The Morgan fingerprint density at radius 1 is 1.25 bits per heavy atom. The minimum absolute atomic E-state index is 0.297. The smallest absolute Gasteiger partial charge is 0.125 e. The van der Waals surface area contributed by atoms with Crippen LogP contribution in [0.1, 0.15) is 25.5 Å². The van der Waals surface area contributed by atoms with Gasteiger partial charge in [0.05, 0.1) is 7.11 Å². The van der Waals surface area contributed by atoms with Gasteiger partial charge in [-0.2, -0.15) is 0 Å². The zero-order chi connectivity index (χ0) is 14.5. The van der Waals surface area contributed by atoms with Gasteiger partial charge in [-0.05, 0) is 32.6 Å². The standard InChI is InChI=1S/C16H27N3O/c1-5-17-13(2)16-14(7-6-8-15(16)20-4)19-11-9-18(3)10-12-19/h6-8,13,17H,5,9-12H2,1-4H3. The third-order valence-corrected chi connectivity index (χ3v) is 4.05. The SMILES string of the molecule is CCNC(C)c1c(OC)cccc1N1CCN(C)CC1. The topological polar surface area (TPSA) is 27.7 Å². The number of likely N-dealkylation sites (N-methyl/N-ethyl adjacent to an activating group) is 1. The van der Waals surface area contributed by atoms with Gasteiger partial charge in [0.25, 0.3) is 0 Å². The largest absolute Gasteiger partial charge is 0.496 e. The molecular formula is C16H27N3O. The lowest BCUT2D eigenvalue weighted by Crippen LogP contribution is -2.45. The van der Waals surface area contributed by atoms with Gasteiger partial charge in [-0.15, -0.1) is 0 Å². The van der Waals surface area contributed by atoms with Gasteiger partial charge in [-0.1, -0.05) is 13.0 Å². The van der Waals surface area contributed by atoms with E-state index in [1.165, 1.54) is 11.3 Å². The minimum atomic E-state index is 0.297. The van der Waals surface area contributed by atoms with Crippen molar-refractivity contribution >= 4 is 5.69 Å². The highest BCUT2D eigenvalue weighted by molar-refractivity contribution is 5.61. The second kappa shape index (κ2) is 6.95. The number of rotatable bonds is 5. The Hall–Kier alpha value is -1.26. The van der Waals surface area contributed by atoms with Gasteiger partial charge < -0.3 is 19.9 Å². The summed E-state index contributed by atoms with van der Waals surface area (Å²) in [5.41, 5.74) is 2.59. The van der Waals surface area contributed by atoms with Crippen molar-refractivity contribution in [3.8, 4) is 5.75 Å². The van der Waals surface area contributed by atoms with Crippen LogP contribution in [0.5, 0.6) is 5.75 Å². The first-order valence-electron chi connectivity index (χ1n) is 7.51. The lowest BCUT2D eigenvalue weighted by atomic mass is 10.0. The predicted molar refractivity (Wildman–Crippen MR) is 84.8 cm³/mol. The van der Waals surface area contributed by atoms with Crippen LogP contribution in [-0.4, -0.2) is 51.8 Å². The Morgan fingerprint density at radius 3 is 2.55 bits per heavy atom. The molecule has 20 heavy (non-hydrogen) atoms. The maximum atomic E-state index is 5.59. The summed E-state index contributed by atoms with van der Waals surface area (Å²) in [6.07, 6.45) is 0. The van der Waals surface area contributed by atoms with Crippen molar-refractivity contribution in [1.29, 1.82) is 0 Å². The van der Waals surface area contributed by atoms with E-state index in [1.54, 1.807) is 7.11 Å². The second-order valence-corrected chi connectivity index (χ2v) is 5.46. The Balaban J connectivity index is 2.31. The van der Waals surface area contributed by atoms with Crippen LogP contribution in [0, 0.1) is 0 Å². The summed E-state index contributed by atoms with van der Waals surface area (Å²) < 4.78 is 5.59. The molecule has 1 fully saturated rings. The molecule has 0 spiro atoms. The van der Waals surface area contributed by atoms with Crippen LogP contribution in [0.4, 0.5) is 5.69 Å². The number of anilines is 1. The highest BCUT2D eigenvalue weighted by Gasteiger charge is 2.22. The molecule has 1 aromatic carbocycles. The molecule has 1 unspecified atom stereocenters. The Bertz CT molecular complexity index is 428. The molecule has 1 heterocycles. The van der Waals surface area contributed by atoms with Gasteiger partial charge in [0.2, 0.25) is 0 Å². The molecule has 0 aliphatic carbocycles. The minimum Gasteiger partial charge on any atom is -0.496 e. The van der Waals surface area contributed by atoms with Crippen molar-refractivity contribution in [3.05, 3.63) is 23.8 Å². The van der Waals surface area contributed by atoms with Gasteiger partial charge in [0.1, 0.15) is 5.75 Å². The first-order valence-corrected chi connectivity index (χ1v) is 7.51. The molecular weight excluding hydrogens is 250 g/mol. The van der Waals surface area contributed by atoms with E-state index >= 15 is 0 Å². The van der Waals surface area contributed by atoms with Gasteiger partial charge in [-0.25, -0.2) is 0 Å². The number of hydrogen-bond acceptors (Lipinski definition) is 4.